The highest BCUT2D eigenvalue weighted by molar-refractivity contribution is 7.12. The van der Waals surface area contributed by atoms with Crippen LogP contribution in [-0.2, 0) is 12.8 Å². The normalized spacial score (nSPS) is 16.8. The number of hydrogen-bond acceptors (Lipinski definition) is 2. The average molecular weight is 238 g/mol. The highest BCUT2D eigenvalue weighted by Gasteiger charge is 2.20. The Morgan fingerprint density at radius 1 is 1.31 bits per heavy atom. The SMILES string of the molecule is CCC(CC)CC(O)c1cc2c(s1)CCC2. The lowest BCUT2D eigenvalue weighted by atomic mass is 9.95. The number of aliphatic hydroxyl groups excluding tert-OH is 1. The quantitative estimate of drug-likeness (QED) is 0.819. The molecule has 1 aromatic rings. The molecule has 1 unspecified atom stereocenters. The summed E-state index contributed by atoms with van der Waals surface area (Å²) in [7, 11) is 0. The van der Waals surface area contributed by atoms with Gasteiger partial charge in [-0.1, -0.05) is 26.7 Å². The zero-order valence-electron chi connectivity index (χ0n) is 10.3. The Kier molecular flexibility index (Phi) is 4.04. The second-order valence-corrected chi connectivity index (χ2v) is 6.05. The largest absolute Gasteiger partial charge is 0.388 e. The van der Waals surface area contributed by atoms with E-state index in [-0.39, 0.29) is 6.10 Å². The number of aliphatic hydroxyl groups is 1. The summed E-state index contributed by atoms with van der Waals surface area (Å²) >= 11 is 1.84. The Balaban J connectivity index is 2.00. The first-order valence-corrected chi connectivity index (χ1v) is 7.35. The van der Waals surface area contributed by atoms with E-state index in [0.29, 0.717) is 5.92 Å². The van der Waals surface area contributed by atoms with E-state index in [1.165, 1.54) is 47.4 Å². The Bertz CT molecular complexity index is 317. The second kappa shape index (κ2) is 5.33. The lowest BCUT2D eigenvalue weighted by Gasteiger charge is -2.16. The van der Waals surface area contributed by atoms with Gasteiger partial charge in [-0.25, -0.2) is 0 Å². The van der Waals surface area contributed by atoms with E-state index in [2.05, 4.69) is 19.9 Å². The van der Waals surface area contributed by atoms with Crippen molar-refractivity contribution in [3.8, 4) is 0 Å². The highest BCUT2D eigenvalue weighted by Crippen LogP contribution is 2.36. The van der Waals surface area contributed by atoms with Crippen LogP contribution in [0.2, 0.25) is 0 Å². The van der Waals surface area contributed by atoms with Gasteiger partial charge in [0.1, 0.15) is 0 Å². The van der Waals surface area contributed by atoms with Crippen LogP contribution in [0.4, 0.5) is 0 Å². The highest BCUT2D eigenvalue weighted by atomic mass is 32.1. The van der Waals surface area contributed by atoms with E-state index >= 15 is 0 Å². The number of rotatable bonds is 5. The van der Waals surface area contributed by atoms with Crippen LogP contribution in [-0.4, -0.2) is 5.11 Å². The molecule has 90 valence electrons. The smallest absolute Gasteiger partial charge is 0.0884 e. The average Bonchev–Trinajstić information content (AvgIpc) is 2.85. The van der Waals surface area contributed by atoms with Crippen molar-refractivity contribution >= 4 is 11.3 Å². The van der Waals surface area contributed by atoms with Gasteiger partial charge in [0.15, 0.2) is 0 Å². The second-order valence-electron chi connectivity index (χ2n) is 4.88. The Labute approximate surface area is 103 Å². The van der Waals surface area contributed by atoms with E-state index in [9.17, 15) is 5.11 Å². The van der Waals surface area contributed by atoms with E-state index in [0.717, 1.165) is 6.42 Å². The number of thiophene rings is 1. The van der Waals surface area contributed by atoms with Crippen LogP contribution in [0.25, 0.3) is 0 Å². The van der Waals surface area contributed by atoms with Crippen LogP contribution in [0.3, 0.4) is 0 Å². The van der Waals surface area contributed by atoms with Crippen LogP contribution in [0.5, 0.6) is 0 Å². The van der Waals surface area contributed by atoms with Gasteiger partial charge >= 0.3 is 0 Å². The van der Waals surface area contributed by atoms with Crippen LogP contribution in [0.1, 0.15) is 61.0 Å². The molecular weight excluding hydrogens is 216 g/mol. The molecule has 0 aromatic carbocycles. The van der Waals surface area contributed by atoms with Gasteiger partial charge in [0, 0.05) is 9.75 Å². The first-order chi connectivity index (χ1) is 7.74. The molecule has 0 saturated heterocycles. The van der Waals surface area contributed by atoms with Crippen molar-refractivity contribution in [3.05, 3.63) is 21.4 Å². The molecule has 0 aliphatic heterocycles. The fourth-order valence-corrected chi connectivity index (χ4v) is 3.83. The molecule has 1 aliphatic carbocycles. The van der Waals surface area contributed by atoms with Gasteiger partial charge in [0.2, 0.25) is 0 Å². The third kappa shape index (κ3) is 2.49. The third-order valence-corrected chi connectivity index (χ3v) is 5.14. The minimum absolute atomic E-state index is 0.222. The van der Waals surface area contributed by atoms with Crippen LogP contribution in [0.15, 0.2) is 6.07 Å². The standard InChI is InChI=1S/C14H22OS/c1-3-10(4-2)8-12(15)14-9-11-6-5-7-13(11)16-14/h9-10,12,15H,3-8H2,1-2H3. The first-order valence-electron chi connectivity index (χ1n) is 6.54. The molecule has 0 saturated carbocycles. The molecule has 0 spiro atoms. The molecule has 1 atom stereocenters. The molecule has 0 fully saturated rings. The molecule has 1 heterocycles. The topological polar surface area (TPSA) is 20.2 Å². The summed E-state index contributed by atoms with van der Waals surface area (Å²) in [5.74, 6) is 0.673. The zero-order chi connectivity index (χ0) is 11.5. The molecule has 0 bridgehead atoms. The Hall–Kier alpha value is -0.340. The van der Waals surface area contributed by atoms with Gasteiger partial charge in [-0.15, -0.1) is 11.3 Å². The maximum Gasteiger partial charge on any atom is 0.0884 e. The summed E-state index contributed by atoms with van der Waals surface area (Å²) in [4.78, 5) is 2.73. The van der Waals surface area contributed by atoms with E-state index in [4.69, 9.17) is 0 Å². The van der Waals surface area contributed by atoms with Crippen LogP contribution in [0, 0.1) is 5.92 Å². The molecule has 0 amide bonds. The monoisotopic (exact) mass is 238 g/mol. The molecule has 2 heteroatoms. The predicted molar refractivity (Wildman–Crippen MR) is 70.0 cm³/mol. The van der Waals surface area contributed by atoms with E-state index < -0.39 is 0 Å². The minimum Gasteiger partial charge on any atom is -0.388 e. The van der Waals surface area contributed by atoms with Crippen molar-refractivity contribution in [2.24, 2.45) is 5.92 Å². The summed E-state index contributed by atoms with van der Waals surface area (Å²) in [5.41, 5.74) is 1.50. The summed E-state index contributed by atoms with van der Waals surface area (Å²) in [6.07, 6.45) is 6.84. The third-order valence-electron chi connectivity index (χ3n) is 3.81. The molecule has 1 aromatic heterocycles. The Morgan fingerprint density at radius 3 is 2.69 bits per heavy atom. The van der Waals surface area contributed by atoms with Gasteiger partial charge in [0.25, 0.3) is 0 Å². The molecule has 1 nitrogen and oxygen atoms in total. The number of fused-ring (bicyclic) bond motifs is 1. The van der Waals surface area contributed by atoms with Crippen molar-refractivity contribution in [2.75, 3.05) is 0 Å². The summed E-state index contributed by atoms with van der Waals surface area (Å²) in [6, 6.07) is 2.25. The van der Waals surface area contributed by atoms with Crippen molar-refractivity contribution < 1.29 is 5.11 Å². The summed E-state index contributed by atoms with van der Waals surface area (Å²) < 4.78 is 0. The molecular formula is C14H22OS. The van der Waals surface area contributed by atoms with E-state index in [1.54, 1.807) is 0 Å². The van der Waals surface area contributed by atoms with Crippen molar-refractivity contribution in [2.45, 2.75) is 58.5 Å². The molecule has 1 aliphatic rings. The van der Waals surface area contributed by atoms with Crippen molar-refractivity contribution in [1.82, 2.24) is 0 Å². The van der Waals surface area contributed by atoms with Crippen LogP contribution >= 0.6 is 11.3 Å². The maximum atomic E-state index is 10.2. The first kappa shape index (κ1) is 12.1. The molecule has 2 rings (SSSR count). The van der Waals surface area contributed by atoms with Gasteiger partial charge < -0.3 is 5.11 Å². The lowest BCUT2D eigenvalue weighted by Crippen LogP contribution is -2.04. The Morgan fingerprint density at radius 2 is 2.06 bits per heavy atom. The molecule has 16 heavy (non-hydrogen) atoms. The predicted octanol–water partition coefficient (Wildman–Crippen LogP) is 4.10. The van der Waals surface area contributed by atoms with Crippen molar-refractivity contribution in [1.29, 1.82) is 0 Å². The van der Waals surface area contributed by atoms with E-state index in [1.807, 2.05) is 11.3 Å². The maximum absolute atomic E-state index is 10.2. The zero-order valence-corrected chi connectivity index (χ0v) is 11.1. The number of aryl methyl sites for hydroxylation is 2. The summed E-state index contributed by atoms with van der Waals surface area (Å²) in [5, 5.41) is 10.2. The van der Waals surface area contributed by atoms with Gasteiger partial charge in [0.05, 0.1) is 6.10 Å². The summed E-state index contributed by atoms with van der Waals surface area (Å²) in [6.45, 7) is 4.44. The van der Waals surface area contributed by atoms with Crippen LogP contribution < -0.4 is 0 Å². The fraction of sp³-hybridized carbons (Fsp3) is 0.714. The van der Waals surface area contributed by atoms with Gasteiger partial charge in [-0.3, -0.25) is 0 Å². The number of hydrogen-bond donors (Lipinski definition) is 1. The lowest BCUT2D eigenvalue weighted by molar-refractivity contribution is 0.144. The van der Waals surface area contributed by atoms with Crippen molar-refractivity contribution in [3.63, 3.8) is 0 Å². The molecule has 0 radical (unpaired) electrons. The fourth-order valence-electron chi connectivity index (χ4n) is 2.57. The minimum atomic E-state index is -0.222. The molecule has 1 N–H and O–H groups in total. The van der Waals surface area contributed by atoms with Gasteiger partial charge in [-0.05, 0) is 43.2 Å². The van der Waals surface area contributed by atoms with Gasteiger partial charge in [-0.2, -0.15) is 0 Å².